The third-order valence-corrected chi connectivity index (χ3v) is 4.74. The highest BCUT2D eigenvalue weighted by Crippen LogP contribution is 2.36. The molecule has 172 valence electrons. The summed E-state index contributed by atoms with van der Waals surface area (Å²) in [6.45, 7) is 11.2. The Bertz CT molecular complexity index is 1000. The standard InChI is InChI=1S/C24H30FN3O4/c1-14(2)26-21(29)20-17(11-16-7-9-18(25)10-8-16)12-19-22(27-20)31-13-15(3)28(19)23(30)32-24(4,5)6/h7-10,12,14-15H,11,13H2,1-6H3,(H,26,29)/t15-/m0/s1. The minimum Gasteiger partial charge on any atom is -0.474 e. The minimum absolute atomic E-state index is 0.0850. The predicted octanol–water partition coefficient (Wildman–Crippen LogP) is 4.47. The first-order chi connectivity index (χ1) is 14.9. The van der Waals surface area contributed by atoms with Gasteiger partial charge in [-0.05, 0) is 77.3 Å². The highest BCUT2D eigenvalue weighted by atomic mass is 19.1. The van der Waals surface area contributed by atoms with Gasteiger partial charge in [-0.3, -0.25) is 9.69 Å². The van der Waals surface area contributed by atoms with E-state index in [2.05, 4.69) is 10.3 Å². The highest BCUT2D eigenvalue weighted by molar-refractivity contribution is 5.96. The number of hydrogen-bond donors (Lipinski definition) is 1. The number of hydrogen-bond acceptors (Lipinski definition) is 5. The number of aromatic nitrogens is 1. The fourth-order valence-electron chi connectivity index (χ4n) is 3.39. The number of halogens is 1. The number of anilines is 1. The summed E-state index contributed by atoms with van der Waals surface area (Å²) in [5, 5.41) is 2.85. The quantitative estimate of drug-likeness (QED) is 0.754. The molecule has 0 aliphatic carbocycles. The second-order valence-corrected chi connectivity index (χ2v) is 9.26. The maximum absolute atomic E-state index is 13.4. The zero-order valence-electron chi connectivity index (χ0n) is 19.4. The van der Waals surface area contributed by atoms with Crippen LogP contribution in [-0.4, -0.2) is 41.3 Å². The van der Waals surface area contributed by atoms with Gasteiger partial charge in [0.25, 0.3) is 5.91 Å². The smallest absolute Gasteiger partial charge is 0.415 e. The molecule has 1 aliphatic rings. The monoisotopic (exact) mass is 443 g/mol. The van der Waals surface area contributed by atoms with E-state index in [0.717, 1.165) is 5.56 Å². The van der Waals surface area contributed by atoms with Crippen LogP contribution in [0.5, 0.6) is 5.88 Å². The van der Waals surface area contributed by atoms with Crippen molar-refractivity contribution in [2.45, 2.75) is 65.6 Å². The van der Waals surface area contributed by atoms with Crippen molar-refractivity contribution < 1.29 is 23.5 Å². The Labute approximate surface area is 187 Å². The molecule has 2 aromatic rings. The fraction of sp³-hybridized carbons (Fsp3) is 0.458. The lowest BCUT2D eigenvalue weighted by atomic mass is 10.0. The van der Waals surface area contributed by atoms with E-state index in [-0.39, 0.29) is 42.0 Å². The summed E-state index contributed by atoms with van der Waals surface area (Å²) in [7, 11) is 0. The van der Waals surface area contributed by atoms with Crippen LogP contribution in [0.25, 0.3) is 0 Å². The number of carbonyl (C=O) groups is 2. The van der Waals surface area contributed by atoms with Crippen LogP contribution in [0, 0.1) is 5.82 Å². The Hall–Kier alpha value is -3.16. The maximum Gasteiger partial charge on any atom is 0.415 e. The number of amides is 2. The molecule has 0 saturated heterocycles. The Morgan fingerprint density at radius 2 is 1.94 bits per heavy atom. The van der Waals surface area contributed by atoms with E-state index in [9.17, 15) is 14.0 Å². The van der Waals surface area contributed by atoms with Gasteiger partial charge in [-0.15, -0.1) is 0 Å². The summed E-state index contributed by atoms with van der Waals surface area (Å²) in [4.78, 5) is 31.8. The van der Waals surface area contributed by atoms with Crippen molar-refractivity contribution in [1.29, 1.82) is 0 Å². The molecule has 1 N–H and O–H groups in total. The summed E-state index contributed by atoms with van der Waals surface area (Å²) in [5.74, 6) is -0.481. The van der Waals surface area contributed by atoms with Gasteiger partial charge in [0.05, 0.1) is 6.04 Å². The van der Waals surface area contributed by atoms with Gasteiger partial charge in [0.1, 0.15) is 29.4 Å². The van der Waals surface area contributed by atoms with Crippen molar-refractivity contribution in [2.75, 3.05) is 11.5 Å². The average molecular weight is 444 g/mol. The van der Waals surface area contributed by atoms with Crippen LogP contribution in [0.2, 0.25) is 0 Å². The second kappa shape index (κ2) is 9.14. The molecule has 0 saturated carbocycles. The molecule has 32 heavy (non-hydrogen) atoms. The molecular weight excluding hydrogens is 413 g/mol. The van der Waals surface area contributed by atoms with Crippen LogP contribution in [0.4, 0.5) is 14.9 Å². The minimum atomic E-state index is -0.670. The molecule has 1 atom stereocenters. The lowest BCUT2D eigenvalue weighted by Gasteiger charge is -2.36. The van der Waals surface area contributed by atoms with Crippen LogP contribution in [-0.2, 0) is 11.2 Å². The number of benzene rings is 1. The van der Waals surface area contributed by atoms with Crippen LogP contribution >= 0.6 is 0 Å². The lowest BCUT2D eigenvalue weighted by Crippen LogP contribution is -2.47. The van der Waals surface area contributed by atoms with E-state index in [4.69, 9.17) is 9.47 Å². The van der Waals surface area contributed by atoms with Crippen molar-refractivity contribution in [3.05, 3.63) is 53.0 Å². The third-order valence-electron chi connectivity index (χ3n) is 4.74. The zero-order chi connectivity index (χ0) is 23.6. The summed E-state index contributed by atoms with van der Waals surface area (Å²) in [5.41, 5.74) is 1.38. The van der Waals surface area contributed by atoms with Crippen LogP contribution < -0.4 is 15.0 Å². The number of ether oxygens (including phenoxy) is 2. The van der Waals surface area contributed by atoms with E-state index in [0.29, 0.717) is 17.7 Å². The topological polar surface area (TPSA) is 80.8 Å². The summed E-state index contributed by atoms with van der Waals surface area (Å²) < 4.78 is 24.7. The van der Waals surface area contributed by atoms with Crippen molar-refractivity contribution in [1.82, 2.24) is 10.3 Å². The van der Waals surface area contributed by atoms with Crippen molar-refractivity contribution in [2.24, 2.45) is 0 Å². The molecule has 0 fully saturated rings. The van der Waals surface area contributed by atoms with Gasteiger partial charge >= 0.3 is 6.09 Å². The predicted molar refractivity (Wildman–Crippen MR) is 120 cm³/mol. The Morgan fingerprint density at radius 3 is 2.53 bits per heavy atom. The summed E-state index contributed by atoms with van der Waals surface area (Å²) >= 11 is 0. The van der Waals surface area contributed by atoms with Gasteiger partial charge in [-0.2, -0.15) is 0 Å². The maximum atomic E-state index is 13.4. The van der Waals surface area contributed by atoms with E-state index < -0.39 is 11.7 Å². The third kappa shape index (κ3) is 5.55. The SMILES string of the molecule is CC(C)NC(=O)c1nc2c(cc1Cc1ccc(F)cc1)N(C(=O)OC(C)(C)C)[C@@H](C)CO2. The number of pyridine rings is 1. The van der Waals surface area contributed by atoms with Crippen LogP contribution in [0.1, 0.15) is 63.2 Å². The fourth-order valence-corrected chi connectivity index (χ4v) is 3.39. The first kappa shape index (κ1) is 23.5. The van der Waals surface area contributed by atoms with Gasteiger partial charge in [0, 0.05) is 6.04 Å². The molecule has 8 heteroatoms. The molecule has 1 aromatic carbocycles. The summed E-state index contributed by atoms with van der Waals surface area (Å²) in [6.07, 6.45) is -0.179. The van der Waals surface area contributed by atoms with E-state index in [1.807, 2.05) is 20.8 Å². The molecule has 1 aromatic heterocycles. The first-order valence-electron chi connectivity index (χ1n) is 10.7. The second-order valence-electron chi connectivity index (χ2n) is 9.26. The number of rotatable bonds is 4. The van der Waals surface area contributed by atoms with Gasteiger partial charge in [-0.25, -0.2) is 14.2 Å². The number of fused-ring (bicyclic) bond motifs is 1. The number of nitrogens with one attached hydrogen (secondary N) is 1. The lowest BCUT2D eigenvalue weighted by molar-refractivity contribution is 0.0546. The van der Waals surface area contributed by atoms with Gasteiger partial charge < -0.3 is 14.8 Å². The Balaban J connectivity index is 2.08. The van der Waals surface area contributed by atoms with Crippen molar-refractivity contribution >= 4 is 17.7 Å². The van der Waals surface area contributed by atoms with Crippen molar-refractivity contribution in [3.63, 3.8) is 0 Å². The van der Waals surface area contributed by atoms with Gasteiger partial charge in [-0.1, -0.05) is 12.1 Å². The number of carbonyl (C=O) groups excluding carboxylic acids is 2. The van der Waals surface area contributed by atoms with Gasteiger partial charge in [0.15, 0.2) is 0 Å². The average Bonchev–Trinajstić information content (AvgIpc) is 2.67. The molecule has 3 rings (SSSR count). The van der Waals surface area contributed by atoms with Gasteiger partial charge in [0.2, 0.25) is 5.88 Å². The Kier molecular flexibility index (Phi) is 6.71. The van der Waals surface area contributed by atoms with Crippen LogP contribution in [0.15, 0.2) is 30.3 Å². The first-order valence-corrected chi connectivity index (χ1v) is 10.7. The van der Waals surface area contributed by atoms with E-state index in [1.54, 1.807) is 39.0 Å². The van der Waals surface area contributed by atoms with E-state index in [1.165, 1.54) is 17.0 Å². The molecule has 1 aliphatic heterocycles. The molecule has 2 heterocycles. The molecule has 7 nitrogen and oxygen atoms in total. The normalized spacial score (nSPS) is 15.8. The molecule has 0 radical (unpaired) electrons. The summed E-state index contributed by atoms with van der Waals surface area (Å²) in [6, 6.07) is 7.42. The molecule has 0 spiro atoms. The Morgan fingerprint density at radius 1 is 1.28 bits per heavy atom. The molecular formula is C24H30FN3O4. The van der Waals surface area contributed by atoms with Crippen molar-refractivity contribution in [3.8, 4) is 5.88 Å². The zero-order valence-corrected chi connectivity index (χ0v) is 19.4. The molecule has 2 amide bonds. The van der Waals surface area contributed by atoms with E-state index >= 15 is 0 Å². The molecule has 0 unspecified atom stereocenters. The van der Waals surface area contributed by atoms with Crippen LogP contribution in [0.3, 0.4) is 0 Å². The largest absolute Gasteiger partial charge is 0.474 e. The molecule has 0 bridgehead atoms. The highest BCUT2D eigenvalue weighted by Gasteiger charge is 2.35. The number of nitrogens with zero attached hydrogens (tertiary/aromatic N) is 2.